The Bertz CT molecular complexity index is 664. The highest BCUT2D eigenvalue weighted by molar-refractivity contribution is 7.11. The van der Waals surface area contributed by atoms with Crippen molar-refractivity contribution in [1.82, 2.24) is 4.98 Å². The molecule has 0 fully saturated rings. The molecular weight excluding hydrogens is 292 g/mol. The molecule has 0 aliphatic rings. The third kappa shape index (κ3) is 4.09. The smallest absolute Gasteiger partial charge is 0.303 e. The Kier molecular flexibility index (Phi) is 4.64. The molecule has 6 nitrogen and oxygen atoms in total. The van der Waals surface area contributed by atoms with Crippen LogP contribution < -0.4 is 0 Å². The van der Waals surface area contributed by atoms with Gasteiger partial charge in [-0.3, -0.25) is 14.9 Å². The maximum absolute atomic E-state index is 10.6. The van der Waals surface area contributed by atoms with Crippen LogP contribution in [0.4, 0.5) is 5.69 Å². The maximum atomic E-state index is 10.6. The van der Waals surface area contributed by atoms with E-state index in [0.29, 0.717) is 12.8 Å². The minimum absolute atomic E-state index is 0.0659. The molecule has 1 aromatic heterocycles. The van der Waals surface area contributed by atoms with Crippen LogP contribution in [0.25, 0.3) is 0 Å². The Morgan fingerprint density at radius 2 is 2.05 bits per heavy atom. The van der Waals surface area contributed by atoms with Crippen LogP contribution in [0, 0.1) is 17.0 Å². The van der Waals surface area contributed by atoms with E-state index in [1.807, 2.05) is 6.92 Å². The van der Waals surface area contributed by atoms with Crippen molar-refractivity contribution < 1.29 is 14.8 Å². The van der Waals surface area contributed by atoms with Gasteiger partial charge >= 0.3 is 5.97 Å². The van der Waals surface area contributed by atoms with Gasteiger partial charge in [-0.25, -0.2) is 4.98 Å². The van der Waals surface area contributed by atoms with Crippen LogP contribution >= 0.6 is 11.3 Å². The molecule has 0 bridgehead atoms. The van der Waals surface area contributed by atoms with Crippen LogP contribution in [-0.2, 0) is 17.6 Å². The molecule has 0 aliphatic heterocycles. The van der Waals surface area contributed by atoms with Gasteiger partial charge in [-0.2, -0.15) is 0 Å². The zero-order chi connectivity index (χ0) is 15.4. The summed E-state index contributed by atoms with van der Waals surface area (Å²) in [6.45, 7) is 1.87. The van der Waals surface area contributed by atoms with Crippen molar-refractivity contribution in [2.45, 2.75) is 26.2 Å². The summed E-state index contributed by atoms with van der Waals surface area (Å²) >= 11 is 1.50. The minimum Gasteiger partial charge on any atom is -0.481 e. The Morgan fingerprint density at radius 1 is 1.38 bits per heavy atom. The van der Waals surface area contributed by atoms with Gasteiger partial charge in [0, 0.05) is 23.4 Å². The second-order valence-electron chi connectivity index (χ2n) is 4.61. The summed E-state index contributed by atoms with van der Waals surface area (Å²) in [6, 6.07) is 6.37. The number of aromatic nitrogens is 1. The fraction of sp³-hybridized carbons (Fsp3) is 0.286. The number of hydrogen-bond donors (Lipinski definition) is 1. The van der Waals surface area contributed by atoms with Crippen LogP contribution in [0.3, 0.4) is 0 Å². The molecule has 1 N–H and O–H groups in total. The van der Waals surface area contributed by atoms with E-state index < -0.39 is 10.9 Å². The molecule has 0 atom stereocenters. The van der Waals surface area contributed by atoms with Gasteiger partial charge in [-0.15, -0.1) is 11.3 Å². The van der Waals surface area contributed by atoms with E-state index in [9.17, 15) is 14.9 Å². The largest absolute Gasteiger partial charge is 0.481 e. The lowest BCUT2D eigenvalue weighted by molar-refractivity contribution is -0.384. The molecule has 21 heavy (non-hydrogen) atoms. The van der Waals surface area contributed by atoms with Crippen LogP contribution in [0.15, 0.2) is 24.3 Å². The number of carboxylic acid groups (broad SMARTS) is 1. The predicted octanol–water partition coefficient (Wildman–Crippen LogP) is 2.97. The van der Waals surface area contributed by atoms with Crippen molar-refractivity contribution in [3.8, 4) is 0 Å². The summed E-state index contributed by atoms with van der Waals surface area (Å²) in [5.41, 5.74) is 1.87. The van der Waals surface area contributed by atoms with Gasteiger partial charge in [0.25, 0.3) is 5.69 Å². The number of nitrogens with zero attached hydrogens (tertiary/aromatic N) is 2. The van der Waals surface area contributed by atoms with Crippen molar-refractivity contribution in [3.05, 3.63) is 55.5 Å². The number of hydrogen-bond acceptors (Lipinski definition) is 5. The molecule has 2 aromatic rings. The zero-order valence-electron chi connectivity index (χ0n) is 11.4. The first kappa shape index (κ1) is 15.1. The number of non-ortho nitro benzene ring substituents is 1. The summed E-state index contributed by atoms with van der Waals surface area (Å²) in [7, 11) is 0. The minimum atomic E-state index is -0.820. The molecule has 7 heteroatoms. The lowest BCUT2D eigenvalue weighted by atomic mass is 10.1. The molecule has 1 heterocycles. The number of aliphatic carboxylic acids is 1. The first-order valence-electron chi connectivity index (χ1n) is 6.36. The third-order valence-electron chi connectivity index (χ3n) is 3.01. The quantitative estimate of drug-likeness (QED) is 0.654. The molecule has 0 amide bonds. The van der Waals surface area contributed by atoms with Crippen LogP contribution in [0.2, 0.25) is 0 Å². The average molecular weight is 306 g/mol. The third-order valence-corrected chi connectivity index (χ3v) is 4.22. The maximum Gasteiger partial charge on any atom is 0.303 e. The Hall–Kier alpha value is -2.28. The molecule has 0 spiro atoms. The first-order chi connectivity index (χ1) is 9.95. The number of nitro benzene ring substituents is 1. The number of aryl methyl sites for hydroxylation is 2. The topological polar surface area (TPSA) is 93.3 Å². The average Bonchev–Trinajstić information content (AvgIpc) is 2.77. The van der Waals surface area contributed by atoms with Crippen molar-refractivity contribution in [1.29, 1.82) is 0 Å². The number of benzene rings is 1. The molecule has 0 radical (unpaired) electrons. The summed E-state index contributed by atoms with van der Waals surface area (Å²) in [5, 5.41) is 20.2. The van der Waals surface area contributed by atoms with Gasteiger partial charge in [-0.1, -0.05) is 12.1 Å². The molecule has 0 saturated carbocycles. The van der Waals surface area contributed by atoms with Gasteiger partial charge in [0.15, 0.2) is 0 Å². The zero-order valence-corrected chi connectivity index (χ0v) is 12.2. The molecular formula is C14H14N2O4S. The molecule has 2 rings (SSSR count). The van der Waals surface area contributed by atoms with E-state index in [0.717, 1.165) is 21.1 Å². The normalized spacial score (nSPS) is 10.5. The summed E-state index contributed by atoms with van der Waals surface area (Å²) in [5.74, 6) is -0.820. The number of carbonyl (C=O) groups is 1. The van der Waals surface area contributed by atoms with Gasteiger partial charge in [0.1, 0.15) is 0 Å². The van der Waals surface area contributed by atoms with Crippen molar-refractivity contribution in [3.63, 3.8) is 0 Å². The number of thiazole rings is 1. The molecule has 110 valence electrons. The fourth-order valence-electron chi connectivity index (χ4n) is 1.93. The number of carboxylic acids is 1. The van der Waals surface area contributed by atoms with E-state index in [4.69, 9.17) is 5.11 Å². The van der Waals surface area contributed by atoms with Crippen LogP contribution in [0.1, 0.15) is 27.6 Å². The van der Waals surface area contributed by atoms with Gasteiger partial charge in [0.2, 0.25) is 0 Å². The summed E-state index contributed by atoms with van der Waals surface area (Å²) in [6.07, 6.45) is 1.18. The monoisotopic (exact) mass is 306 g/mol. The highest BCUT2D eigenvalue weighted by atomic mass is 32.1. The van der Waals surface area contributed by atoms with Crippen LogP contribution in [-0.4, -0.2) is 21.0 Å². The van der Waals surface area contributed by atoms with E-state index in [2.05, 4.69) is 4.98 Å². The van der Waals surface area contributed by atoms with Crippen molar-refractivity contribution >= 4 is 23.0 Å². The lowest BCUT2D eigenvalue weighted by Gasteiger charge is -1.97. The van der Waals surface area contributed by atoms with Crippen molar-refractivity contribution in [2.75, 3.05) is 0 Å². The lowest BCUT2D eigenvalue weighted by Crippen LogP contribution is -1.96. The highest BCUT2D eigenvalue weighted by Gasteiger charge is 2.11. The fourth-order valence-corrected chi connectivity index (χ4v) is 3.03. The Balaban J connectivity index is 2.07. The standard InChI is InChI=1S/C14H14N2O4S/c1-9-12(6-7-14(17)18)21-13(15-9)8-10-2-4-11(5-3-10)16(19)20/h2-5H,6-8H2,1H3,(H,17,18). The van der Waals surface area contributed by atoms with E-state index in [1.165, 1.54) is 23.5 Å². The number of rotatable bonds is 6. The van der Waals surface area contributed by atoms with Gasteiger partial charge in [-0.05, 0) is 18.9 Å². The van der Waals surface area contributed by atoms with E-state index in [1.54, 1.807) is 12.1 Å². The predicted molar refractivity (Wildman–Crippen MR) is 78.7 cm³/mol. The highest BCUT2D eigenvalue weighted by Crippen LogP contribution is 2.23. The first-order valence-corrected chi connectivity index (χ1v) is 7.17. The van der Waals surface area contributed by atoms with Crippen molar-refractivity contribution in [2.24, 2.45) is 0 Å². The van der Waals surface area contributed by atoms with Gasteiger partial charge < -0.3 is 5.11 Å². The SMILES string of the molecule is Cc1nc(Cc2ccc([N+](=O)[O-])cc2)sc1CCC(=O)O. The van der Waals surface area contributed by atoms with E-state index in [-0.39, 0.29) is 12.1 Å². The van der Waals surface area contributed by atoms with E-state index >= 15 is 0 Å². The molecule has 0 aliphatic carbocycles. The Labute approximate surface area is 125 Å². The second kappa shape index (κ2) is 6.45. The Morgan fingerprint density at radius 3 is 2.62 bits per heavy atom. The molecule has 1 aromatic carbocycles. The molecule has 0 unspecified atom stereocenters. The summed E-state index contributed by atoms with van der Waals surface area (Å²) < 4.78 is 0. The van der Waals surface area contributed by atoms with Crippen LogP contribution in [0.5, 0.6) is 0 Å². The second-order valence-corrected chi connectivity index (χ2v) is 5.78. The summed E-state index contributed by atoms with van der Waals surface area (Å²) in [4.78, 5) is 26.2. The molecule has 0 saturated heterocycles. The van der Waals surface area contributed by atoms with Gasteiger partial charge in [0.05, 0.1) is 22.0 Å². The number of nitro groups is 1.